The smallest absolute Gasteiger partial charge is 0.252 e. The van der Waals surface area contributed by atoms with E-state index in [1.54, 1.807) is 6.07 Å². The first kappa shape index (κ1) is 20.0. The number of benzene rings is 2. The molecule has 0 radical (unpaired) electrons. The molecule has 1 amide bonds. The average molecular weight is 451 g/mol. The lowest BCUT2D eigenvalue weighted by Crippen LogP contribution is -2.29. The van der Waals surface area contributed by atoms with Crippen LogP contribution in [0.3, 0.4) is 0 Å². The Morgan fingerprint density at radius 1 is 1.11 bits per heavy atom. The number of nitrogens with zero attached hydrogens (tertiary/aromatic N) is 1. The largest absolute Gasteiger partial charge is 0.345 e. The first-order valence-electron chi connectivity index (χ1n) is 8.96. The average Bonchev–Trinajstić information content (AvgIpc) is 3.18. The minimum absolute atomic E-state index is 0.153. The number of carbonyl (C=O) groups is 1. The number of hydrogen-bond donors (Lipinski definition) is 1. The summed E-state index contributed by atoms with van der Waals surface area (Å²) < 4.78 is 27.6. The molecule has 144 valence electrons. The van der Waals surface area contributed by atoms with Crippen molar-refractivity contribution in [3.63, 3.8) is 0 Å². The summed E-state index contributed by atoms with van der Waals surface area (Å²) in [6, 6.07) is 12.4. The van der Waals surface area contributed by atoms with Crippen molar-refractivity contribution in [2.45, 2.75) is 37.6 Å². The Hall–Kier alpha value is -1.70. The minimum atomic E-state index is -3.56. The Kier molecular flexibility index (Phi) is 6.03. The van der Waals surface area contributed by atoms with Gasteiger partial charge < -0.3 is 5.32 Å². The van der Waals surface area contributed by atoms with Gasteiger partial charge in [-0.3, -0.25) is 4.79 Å². The highest BCUT2D eigenvalue weighted by molar-refractivity contribution is 9.10. The van der Waals surface area contributed by atoms with Gasteiger partial charge in [-0.1, -0.05) is 29.8 Å². The van der Waals surface area contributed by atoms with Crippen molar-refractivity contribution in [2.24, 2.45) is 0 Å². The third kappa shape index (κ3) is 4.42. The van der Waals surface area contributed by atoms with Crippen molar-refractivity contribution in [2.75, 3.05) is 13.1 Å². The van der Waals surface area contributed by atoms with Crippen LogP contribution in [0.2, 0.25) is 0 Å². The van der Waals surface area contributed by atoms with E-state index in [0.717, 1.165) is 24.0 Å². The second-order valence-electron chi connectivity index (χ2n) is 6.86. The summed E-state index contributed by atoms with van der Waals surface area (Å²) in [6.45, 7) is 4.98. The van der Waals surface area contributed by atoms with Gasteiger partial charge >= 0.3 is 0 Å². The summed E-state index contributed by atoms with van der Waals surface area (Å²) in [6.07, 6.45) is 1.74. The number of halogens is 1. The monoisotopic (exact) mass is 450 g/mol. The molecule has 2 aromatic rings. The van der Waals surface area contributed by atoms with E-state index < -0.39 is 10.0 Å². The lowest BCUT2D eigenvalue weighted by molar-refractivity contribution is 0.0939. The third-order valence-electron chi connectivity index (χ3n) is 4.81. The van der Waals surface area contributed by atoms with E-state index in [1.807, 2.05) is 38.1 Å². The van der Waals surface area contributed by atoms with Gasteiger partial charge in [0.1, 0.15) is 0 Å². The molecule has 0 aliphatic carbocycles. The van der Waals surface area contributed by atoms with E-state index in [9.17, 15) is 13.2 Å². The molecule has 7 heteroatoms. The van der Waals surface area contributed by atoms with Gasteiger partial charge in [0, 0.05) is 17.6 Å². The molecule has 1 fully saturated rings. The Bertz CT molecular complexity index is 936. The minimum Gasteiger partial charge on any atom is -0.345 e. The summed E-state index contributed by atoms with van der Waals surface area (Å²) in [7, 11) is -3.56. The number of carbonyl (C=O) groups excluding carboxylic acids is 1. The molecular weight excluding hydrogens is 428 g/mol. The second-order valence-corrected chi connectivity index (χ2v) is 9.65. The van der Waals surface area contributed by atoms with Crippen molar-refractivity contribution in [3.05, 3.63) is 63.6 Å². The highest BCUT2D eigenvalue weighted by Crippen LogP contribution is 2.26. The van der Waals surface area contributed by atoms with Crippen molar-refractivity contribution < 1.29 is 13.2 Å². The van der Waals surface area contributed by atoms with E-state index in [-0.39, 0.29) is 16.8 Å². The highest BCUT2D eigenvalue weighted by atomic mass is 79.9. The van der Waals surface area contributed by atoms with Gasteiger partial charge in [-0.15, -0.1) is 0 Å². The Balaban J connectivity index is 1.83. The maximum atomic E-state index is 12.8. The zero-order chi connectivity index (χ0) is 19.6. The molecule has 3 rings (SSSR count). The Labute approximate surface area is 169 Å². The van der Waals surface area contributed by atoms with Crippen LogP contribution in [0.1, 0.15) is 47.3 Å². The number of amides is 1. The third-order valence-corrected chi connectivity index (χ3v) is 7.40. The molecule has 0 aromatic heterocycles. The van der Waals surface area contributed by atoms with Crippen molar-refractivity contribution in [3.8, 4) is 0 Å². The van der Waals surface area contributed by atoms with Crippen molar-refractivity contribution in [1.29, 1.82) is 0 Å². The molecule has 2 aromatic carbocycles. The van der Waals surface area contributed by atoms with Gasteiger partial charge in [-0.05, 0) is 66.4 Å². The van der Waals surface area contributed by atoms with Crippen LogP contribution in [0, 0.1) is 6.92 Å². The van der Waals surface area contributed by atoms with Crippen molar-refractivity contribution in [1.82, 2.24) is 9.62 Å². The fourth-order valence-electron chi connectivity index (χ4n) is 3.13. The van der Waals surface area contributed by atoms with Crippen molar-refractivity contribution >= 4 is 31.9 Å². The van der Waals surface area contributed by atoms with Crippen LogP contribution in [0.15, 0.2) is 51.8 Å². The van der Waals surface area contributed by atoms with Crippen LogP contribution >= 0.6 is 15.9 Å². The Morgan fingerprint density at radius 3 is 2.37 bits per heavy atom. The lowest BCUT2D eigenvalue weighted by atomic mass is 10.1. The van der Waals surface area contributed by atoms with Crippen LogP contribution in [-0.2, 0) is 10.0 Å². The molecule has 0 saturated carbocycles. The number of rotatable bonds is 5. The van der Waals surface area contributed by atoms with E-state index in [1.165, 1.54) is 16.4 Å². The molecule has 1 unspecified atom stereocenters. The molecule has 0 spiro atoms. The summed E-state index contributed by atoms with van der Waals surface area (Å²) in [5, 5.41) is 2.94. The predicted octanol–water partition coefficient (Wildman–Crippen LogP) is 4.03. The highest BCUT2D eigenvalue weighted by Gasteiger charge is 2.28. The Morgan fingerprint density at radius 2 is 1.74 bits per heavy atom. The van der Waals surface area contributed by atoms with Crippen LogP contribution in [0.25, 0.3) is 0 Å². The fraction of sp³-hybridized carbons (Fsp3) is 0.350. The lowest BCUT2D eigenvalue weighted by Gasteiger charge is -2.18. The zero-order valence-corrected chi connectivity index (χ0v) is 17.8. The van der Waals surface area contributed by atoms with Gasteiger partial charge in [-0.25, -0.2) is 8.42 Å². The van der Waals surface area contributed by atoms with Gasteiger partial charge in [0.25, 0.3) is 5.91 Å². The number of sulfonamides is 1. The standard InChI is InChI=1S/C20H23BrN2O3S/c1-14-5-7-16(8-6-14)15(2)22-20(24)18-13-17(9-10-19(18)21)27(25,26)23-11-3-4-12-23/h5-10,13,15H,3-4,11-12H2,1-2H3,(H,22,24). The molecule has 0 bridgehead atoms. The molecular formula is C20H23BrN2O3S. The maximum absolute atomic E-state index is 12.8. The van der Waals surface area contributed by atoms with Gasteiger partial charge in [0.05, 0.1) is 16.5 Å². The maximum Gasteiger partial charge on any atom is 0.252 e. The van der Waals surface area contributed by atoms with Gasteiger partial charge in [0.15, 0.2) is 0 Å². The van der Waals surface area contributed by atoms with E-state index in [4.69, 9.17) is 0 Å². The predicted molar refractivity (Wildman–Crippen MR) is 109 cm³/mol. The summed E-state index contributed by atoms with van der Waals surface area (Å²) in [5.74, 6) is -0.312. The first-order chi connectivity index (χ1) is 12.8. The number of hydrogen-bond acceptors (Lipinski definition) is 3. The molecule has 1 heterocycles. The van der Waals surface area contributed by atoms with Gasteiger partial charge in [-0.2, -0.15) is 4.31 Å². The second kappa shape index (κ2) is 8.12. The first-order valence-corrected chi connectivity index (χ1v) is 11.2. The molecule has 1 aliphatic heterocycles. The number of aryl methyl sites for hydroxylation is 1. The molecule has 1 aliphatic rings. The summed E-state index contributed by atoms with van der Waals surface area (Å²) >= 11 is 3.37. The zero-order valence-electron chi connectivity index (χ0n) is 15.4. The van der Waals surface area contributed by atoms with Crippen LogP contribution in [-0.4, -0.2) is 31.7 Å². The molecule has 5 nitrogen and oxygen atoms in total. The normalized spacial score (nSPS) is 16.3. The van der Waals surface area contributed by atoms with E-state index >= 15 is 0 Å². The topological polar surface area (TPSA) is 66.5 Å². The van der Waals surface area contributed by atoms with Gasteiger partial charge in [0.2, 0.25) is 10.0 Å². The van der Waals surface area contributed by atoms with Crippen LogP contribution < -0.4 is 5.32 Å². The fourth-order valence-corrected chi connectivity index (χ4v) is 5.10. The quantitative estimate of drug-likeness (QED) is 0.747. The summed E-state index contributed by atoms with van der Waals surface area (Å²) in [4.78, 5) is 12.9. The molecule has 1 N–H and O–H groups in total. The molecule has 1 atom stereocenters. The van der Waals surface area contributed by atoms with E-state index in [2.05, 4.69) is 21.2 Å². The SMILES string of the molecule is Cc1ccc(C(C)NC(=O)c2cc(S(=O)(=O)N3CCCC3)ccc2Br)cc1. The summed E-state index contributed by atoms with van der Waals surface area (Å²) in [5.41, 5.74) is 2.46. The van der Waals surface area contributed by atoms with Crippen LogP contribution in [0.5, 0.6) is 0 Å². The van der Waals surface area contributed by atoms with Crippen LogP contribution in [0.4, 0.5) is 0 Å². The van der Waals surface area contributed by atoms with E-state index in [0.29, 0.717) is 23.1 Å². The number of nitrogens with one attached hydrogen (secondary N) is 1. The molecule has 1 saturated heterocycles. The molecule has 27 heavy (non-hydrogen) atoms.